The fraction of sp³-hybridized carbons (Fsp3) is 0.600. The quantitative estimate of drug-likeness (QED) is 0.839. The SMILES string of the molecule is CCCS(=O)(=O)NCCC(C)c1ccc2c(c1)OCCO2. The zero-order chi connectivity index (χ0) is 15.3. The third kappa shape index (κ3) is 4.61. The Hall–Kier alpha value is -1.27. The van der Waals surface area contributed by atoms with Gasteiger partial charge in [-0.3, -0.25) is 0 Å². The monoisotopic (exact) mass is 313 g/mol. The van der Waals surface area contributed by atoms with Crippen molar-refractivity contribution < 1.29 is 17.9 Å². The molecule has 0 aliphatic carbocycles. The van der Waals surface area contributed by atoms with Crippen LogP contribution >= 0.6 is 0 Å². The Morgan fingerprint density at radius 1 is 1.24 bits per heavy atom. The molecule has 0 spiro atoms. The van der Waals surface area contributed by atoms with Crippen molar-refractivity contribution in [3.05, 3.63) is 23.8 Å². The zero-order valence-electron chi connectivity index (χ0n) is 12.6. The molecule has 0 amide bonds. The molecule has 21 heavy (non-hydrogen) atoms. The Bertz CT molecular complexity index is 571. The van der Waals surface area contributed by atoms with Crippen LogP contribution in [0.3, 0.4) is 0 Å². The molecule has 6 heteroatoms. The molecule has 1 unspecified atom stereocenters. The van der Waals surface area contributed by atoms with Gasteiger partial charge in [-0.05, 0) is 36.5 Å². The van der Waals surface area contributed by atoms with Crippen molar-refractivity contribution in [2.45, 2.75) is 32.6 Å². The van der Waals surface area contributed by atoms with E-state index in [4.69, 9.17) is 9.47 Å². The van der Waals surface area contributed by atoms with Gasteiger partial charge in [0.15, 0.2) is 11.5 Å². The summed E-state index contributed by atoms with van der Waals surface area (Å²) >= 11 is 0. The van der Waals surface area contributed by atoms with Gasteiger partial charge in [0.1, 0.15) is 13.2 Å². The van der Waals surface area contributed by atoms with Gasteiger partial charge in [-0.1, -0.05) is 19.9 Å². The van der Waals surface area contributed by atoms with Gasteiger partial charge >= 0.3 is 0 Å². The van der Waals surface area contributed by atoms with Gasteiger partial charge < -0.3 is 9.47 Å². The first-order chi connectivity index (χ1) is 10.0. The summed E-state index contributed by atoms with van der Waals surface area (Å²) in [4.78, 5) is 0. The van der Waals surface area contributed by atoms with Gasteiger partial charge in [-0.15, -0.1) is 0 Å². The van der Waals surface area contributed by atoms with Crippen molar-refractivity contribution in [3.8, 4) is 11.5 Å². The van der Waals surface area contributed by atoms with E-state index in [2.05, 4.69) is 11.6 Å². The van der Waals surface area contributed by atoms with E-state index in [0.29, 0.717) is 26.2 Å². The van der Waals surface area contributed by atoms with E-state index >= 15 is 0 Å². The lowest BCUT2D eigenvalue weighted by atomic mass is 9.97. The number of sulfonamides is 1. The molecule has 1 aromatic carbocycles. The first-order valence-corrected chi connectivity index (χ1v) is 9.04. The summed E-state index contributed by atoms with van der Waals surface area (Å²) in [5.74, 6) is 1.99. The van der Waals surface area contributed by atoms with Crippen LogP contribution in [0.4, 0.5) is 0 Å². The Morgan fingerprint density at radius 2 is 1.95 bits per heavy atom. The fourth-order valence-corrected chi connectivity index (χ4v) is 3.42. The third-order valence-electron chi connectivity index (χ3n) is 3.51. The van der Waals surface area contributed by atoms with E-state index in [1.165, 1.54) is 0 Å². The lowest BCUT2D eigenvalue weighted by Crippen LogP contribution is -2.27. The van der Waals surface area contributed by atoms with Crippen molar-refractivity contribution in [2.24, 2.45) is 0 Å². The average Bonchev–Trinajstić information content (AvgIpc) is 2.46. The molecule has 0 saturated carbocycles. The van der Waals surface area contributed by atoms with Crippen LogP contribution < -0.4 is 14.2 Å². The fourth-order valence-electron chi connectivity index (χ4n) is 2.30. The van der Waals surface area contributed by atoms with Crippen LogP contribution in [0.25, 0.3) is 0 Å². The first kappa shape index (κ1) is 16.1. The number of rotatable bonds is 7. The molecule has 1 atom stereocenters. The van der Waals surface area contributed by atoms with Gasteiger partial charge in [-0.2, -0.15) is 0 Å². The van der Waals surface area contributed by atoms with Crippen LogP contribution in [0.1, 0.15) is 38.2 Å². The average molecular weight is 313 g/mol. The minimum atomic E-state index is -3.12. The maximum atomic E-state index is 11.6. The molecule has 0 bridgehead atoms. The molecule has 2 rings (SSSR count). The van der Waals surface area contributed by atoms with Gasteiger partial charge in [0.25, 0.3) is 0 Å². The van der Waals surface area contributed by atoms with Gasteiger partial charge in [0.2, 0.25) is 10.0 Å². The molecular formula is C15H23NO4S. The van der Waals surface area contributed by atoms with Gasteiger partial charge in [-0.25, -0.2) is 13.1 Å². The number of nitrogens with one attached hydrogen (secondary N) is 1. The second-order valence-corrected chi connectivity index (χ2v) is 7.23. The topological polar surface area (TPSA) is 64.6 Å². The molecule has 1 heterocycles. The molecule has 5 nitrogen and oxygen atoms in total. The number of ether oxygens (including phenoxy) is 2. The van der Waals surface area contributed by atoms with Crippen molar-refractivity contribution in [2.75, 3.05) is 25.5 Å². The van der Waals surface area contributed by atoms with Gasteiger partial charge in [0.05, 0.1) is 5.75 Å². The summed E-state index contributed by atoms with van der Waals surface area (Å²) in [5.41, 5.74) is 1.13. The van der Waals surface area contributed by atoms with Crippen molar-refractivity contribution in [1.82, 2.24) is 4.72 Å². The Labute approximate surface area is 126 Å². The smallest absolute Gasteiger partial charge is 0.211 e. The number of hydrogen-bond donors (Lipinski definition) is 1. The highest BCUT2D eigenvalue weighted by molar-refractivity contribution is 7.89. The summed E-state index contributed by atoms with van der Waals surface area (Å²) in [6, 6.07) is 5.92. The maximum Gasteiger partial charge on any atom is 0.211 e. The van der Waals surface area contributed by atoms with E-state index in [9.17, 15) is 8.42 Å². The van der Waals surface area contributed by atoms with Crippen molar-refractivity contribution in [1.29, 1.82) is 0 Å². The molecule has 1 aromatic rings. The van der Waals surface area contributed by atoms with Gasteiger partial charge in [0, 0.05) is 6.54 Å². The van der Waals surface area contributed by atoms with E-state index < -0.39 is 10.0 Å². The van der Waals surface area contributed by atoms with E-state index in [0.717, 1.165) is 23.5 Å². The zero-order valence-corrected chi connectivity index (χ0v) is 13.4. The molecule has 0 radical (unpaired) electrons. The number of benzene rings is 1. The van der Waals surface area contributed by atoms with Crippen LogP contribution in [-0.4, -0.2) is 33.9 Å². The Kier molecular flexibility index (Phi) is 5.47. The summed E-state index contributed by atoms with van der Waals surface area (Å²) < 4.78 is 36.9. The highest BCUT2D eigenvalue weighted by Gasteiger charge is 2.15. The Balaban J connectivity index is 1.90. The number of fused-ring (bicyclic) bond motifs is 1. The second-order valence-electron chi connectivity index (χ2n) is 5.31. The minimum absolute atomic E-state index is 0.186. The molecule has 0 fully saturated rings. The molecule has 118 valence electrons. The largest absolute Gasteiger partial charge is 0.486 e. The molecule has 0 saturated heterocycles. The summed E-state index contributed by atoms with van der Waals surface area (Å²) in [6.07, 6.45) is 1.38. The van der Waals surface area contributed by atoms with E-state index in [1.54, 1.807) is 0 Å². The lowest BCUT2D eigenvalue weighted by Gasteiger charge is -2.20. The minimum Gasteiger partial charge on any atom is -0.486 e. The summed E-state index contributed by atoms with van der Waals surface area (Å²) in [7, 11) is -3.12. The van der Waals surface area contributed by atoms with Crippen molar-refractivity contribution in [3.63, 3.8) is 0 Å². The highest BCUT2D eigenvalue weighted by Crippen LogP contribution is 2.33. The van der Waals surface area contributed by atoms with Crippen LogP contribution in [0, 0.1) is 0 Å². The second kappa shape index (κ2) is 7.13. The first-order valence-electron chi connectivity index (χ1n) is 7.38. The van der Waals surface area contributed by atoms with Crippen LogP contribution in [0.5, 0.6) is 11.5 Å². The Morgan fingerprint density at radius 3 is 2.67 bits per heavy atom. The normalized spacial score (nSPS) is 15.7. The summed E-state index contributed by atoms with van der Waals surface area (Å²) in [5, 5.41) is 0. The van der Waals surface area contributed by atoms with E-state index in [-0.39, 0.29) is 11.7 Å². The molecule has 1 aliphatic rings. The lowest BCUT2D eigenvalue weighted by molar-refractivity contribution is 0.171. The standard InChI is InChI=1S/C15H23NO4S/c1-3-10-21(17,18)16-7-6-12(2)13-4-5-14-15(11-13)20-9-8-19-14/h4-5,11-12,16H,3,6-10H2,1-2H3. The van der Waals surface area contributed by atoms with Crippen molar-refractivity contribution >= 4 is 10.0 Å². The highest BCUT2D eigenvalue weighted by atomic mass is 32.2. The van der Waals surface area contributed by atoms with Crippen LogP contribution in [-0.2, 0) is 10.0 Å². The van der Waals surface area contributed by atoms with Crippen LogP contribution in [0.2, 0.25) is 0 Å². The maximum absolute atomic E-state index is 11.6. The molecule has 1 aliphatic heterocycles. The predicted molar refractivity (Wildman–Crippen MR) is 82.5 cm³/mol. The summed E-state index contributed by atoms with van der Waals surface area (Å²) in [6.45, 7) is 5.55. The third-order valence-corrected chi connectivity index (χ3v) is 5.10. The molecular weight excluding hydrogens is 290 g/mol. The molecule has 0 aromatic heterocycles. The molecule has 1 N–H and O–H groups in total. The van der Waals surface area contributed by atoms with E-state index in [1.807, 2.05) is 25.1 Å². The van der Waals surface area contributed by atoms with Crippen LogP contribution in [0.15, 0.2) is 18.2 Å². The predicted octanol–water partition coefficient (Wildman–Crippen LogP) is 2.28. The number of hydrogen-bond acceptors (Lipinski definition) is 4.